The van der Waals surface area contributed by atoms with Crippen molar-refractivity contribution >= 4 is 0 Å². The minimum absolute atomic E-state index is 0.246. The molecule has 1 N–H and O–H groups in total. The molecule has 0 heterocycles. The van der Waals surface area contributed by atoms with Crippen molar-refractivity contribution in [3.63, 3.8) is 0 Å². The number of hydrogen-bond donors (Lipinski definition) is 1. The van der Waals surface area contributed by atoms with Crippen LogP contribution in [-0.4, -0.2) is 5.11 Å². The number of halogens is 1. The molecule has 3 heteroatoms. The second-order valence-electron chi connectivity index (χ2n) is 4.75. The Bertz CT molecular complexity index is 432. The van der Waals surface area contributed by atoms with Gasteiger partial charge in [-0.3, -0.25) is 0 Å². The Morgan fingerprint density at radius 1 is 1.24 bits per heavy atom. The first-order chi connectivity index (χ1) is 8.19. The van der Waals surface area contributed by atoms with Gasteiger partial charge in [-0.05, 0) is 18.9 Å². The Morgan fingerprint density at radius 2 is 1.88 bits per heavy atom. The highest BCUT2D eigenvalue weighted by Gasteiger charge is 2.41. The summed E-state index contributed by atoms with van der Waals surface area (Å²) in [5, 5.41) is 19.6. The standard InChI is InChI=1S/C14H16FNO/c15-12-7-3-2-6-11(12)13(17)14(10-16)8-4-1-5-9-14/h2-3,6-7,13,17H,1,4-5,8-9H2. The molecular weight excluding hydrogens is 217 g/mol. The van der Waals surface area contributed by atoms with E-state index in [-0.39, 0.29) is 5.56 Å². The average Bonchev–Trinajstić information content (AvgIpc) is 2.39. The number of nitrogens with zero attached hydrogens (tertiary/aromatic N) is 1. The van der Waals surface area contributed by atoms with E-state index in [0.717, 1.165) is 19.3 Å². The first kappa shape index (κ1) is 12.1. The van der Waals surface area contributed by atoms with Crippen LogP contribution < -0.4 is 0 Å². The molecule has 0 radical (unpaired) electrons. The SMILES string of the molecule is N#CC1(C(O)c2ccccc2F)CCCCC1. The molecule has 1 unspecified atom stereocenters. The molecule has 0 aromatic heterocycles. The van der Waals surface area contributed by atoms with Gasteiger partial charge in [0.05, 0.1) is 11.5 Å². The van der Waals surface area contributed by atoms with E-state index in [1.807, 2.05) is 0 Å². The Labute approximate surface area is 101 Å². The molecule has 1 saturated carbocycles. The van der Waals surface area contributed by atoms with Crippen LogP contribution in [-0.2, 0) is 0 Å². The second kappa shape index (κ2) is 4.85. The third-order valence-electron chi connectivity index (χ3n) is 3.69. The third-order valence-corrected chi connectivity index (χ3v) is 3.69. The highest BCUT2D eigenvalue weighted by molar-refractivity contribution is 5.25. The van der Waals surface area contributed by atoms with E-state index in [1.165, 1.54) is 6.07 Å². The maximum atomic E-state index is 13.6. The molecule has 1 fully saturated rings. The quantitative estimate of drug-likeness (QED) is 0.851. The van der Waals surface area contributed by atoms with Gasteiger partial charge in [0.25, 0.3) is 0 Å². The van der Waals surface area contributed by atoms with Gasteiger partial charge in [0, 0.05) is 5.56 Å². The number of rotatable bonds is 2. The number of benzene rings is 1. The number of nitriles is 1. The summed E-state index contributed by atoms with van der Waals surface area (Å²) in [6, 6.07) is 8.39. The molecule has 0 bridgehead atoms. The fourth-order valence-corrected chi connectivity index (χ4v) is 2.62. The smallest absolute Gasteiger partial charge is 0.129 e. The minimum atomic E-state index is -1.02. The fourth-order valence-electron chi connectivity index (χ4n) is 2.62. The summed E-state index contributed by atoms with van der Waals surface area (Å²) in [5.41, 5.74) is -0.559. The molecule has 90 valence electrons. The highest BCUT2D eigenvalue weighted by atomic mass is 19.1. The zero-order valence-corrected chi connectivity index (χ0v) is 9.69. The molecule has 0 amide bonds. The first-order valence-corrected chi connectivity index (χ1v) is 6.03. The molecule has 0 aliphatic heterocycles. The summed E-state index contributed by atoms with van der Waals surface area (Å²) >= 11 is 0. The van der Waals surface area contributed by atoms with Crippen LogP contribution in [0.2, 0.25) is 0 Å². The van der Waals surface area contributed by atoms with Crippen LogP contribution >= 0.6 is 0 Å². The number of aliphatic hydroxyl groups excluding tert-OH is 1. The van der Waals surface area contributed by atoms with Crippen molar-refractivity contribution in [2.24, 2.45) is 5.41 Å². The first-order valence-electron chi connectivity index (χ1n) is 6.03. The van der Waals surface area contributed by atoms with Crippen molar-refractivity contribution in [3.05, 3.63) is 35.6 Å². The van der Waals surface area contributed by atoms with E-state index in [1.54, 1.807) is 18.2 Å². The van der Waals surface area contributed by atoms with Gasteiger partial charge in [0.2, 0.25) is 0 Å². The molecule has 1 aliphatic carbocycles. The summed E-state index contributed by atoms with van der Waals surface area (Å²) in [7, 11) is 0. The lowest BCUT2D eigenvalue weighted by Crippen LogP contribution is -2.30. The molecule has 1 aliphatic rings. The van der Waals surface area contributed by atoms with Crippen molar-refractivity contribution in [2.45, 2.75) is 38.2 Å². The number of aliphatic hydroxyl groups is 1. The van der Waals surface area contributed by atoms with Crippen LogP contribution in [0, 0.1) is 22.6 Å². The summed E-state index contributed by atoms with van der Waals surface area (Å²) in [6.45, 7) is 0. The Morgan fingerprint density at radius 3 is 2.47 bits per heavy atom. The Balaban J connectivity index is 2.32. The van der Waals surface area contributed by atoms with Gasteiger partial charge in [-0.2, -0.15) is 5.26 Å². The van der Waals surface area contributed by atoms with Crippen molar-refractivity contribution in [2.75, 3.05) is 0 Å². The van der Waals surface area contributed by atoms with Gasteiger partial charge in [0.15, 0.2) is 0 Å². The van der Waals surface area contributed by atoms with Crippen molar-refractivity contribution in [1.82, 2.24) is 0 Å². The van der Waals surface area contributed by atoms with Crippen molar-refractivity contribution < 1.29 is 9.50 Å². The normalized spacial score (nSPS) is 20.5. The lowest BCUT2D eigenvalue weighted by Gasteiger charge is -2.35. The maximum absolute atomic E-state index is 13.6. The Kier molecular flexibility index (Phi) is 3.44. The predicted octanol–water partition coefficient (Wildman–Crippen LogP) is 3.33. The summed E-state index contributed by atoms with van der Waals surface area (Å²) < 4.78 is 13.6. The largest absolute Gasteiger partial charge is 0.387 e. The van der Waals surface area contributed by atoms with Gasteiger partial charge in [-0.15, -0.1) is 0 Å². The molecule has 0 spiro atoms. The molecule has 2 rings (SSSR count). The van der Waals surface area contributed by atoms with E-state index in [9.17, 15) is 14.8 Å². The van der Waals surface area contributed by atoms with Gasteiger partial charge in [-0.1, -0.05) is 37.5 Å². The zero-order valence-electron chi connectivity index (χ0n) is 9.69. The third kappa shape index (κ3) is 2.18. The average molecular weight is 233 g/mol. The van der Waals surface area contributed by atoms with Gasteiger partial charge in [0.1, 0.15) is 11.9 Å². The van der Waals surface area contributed by atoms with E-state index in [4.69, 9.17) is 0 Å². The van der Waals surface area contributed by atoms with Crippen LogP contribution in [0.5, 0.6) is 0 Å². The molecular formula is C14H16FNO. The Hall–Kier alpha value is -1.40. The lowest BCUT2D eigenvalue weighted by atomic mass is 9.69. The van der Waals surface area contributed by atoms with E-state index in [2.05, 4.69) is 6.07 Å². The number of hydrogen-bond acceptors (Lipinski definition) is 2. The predicted molar refractivity (Wildman–Crippen MR) is 62.5 cm³/mol. The van der Waals surface area contributed by atoms with E-state index >= 15 is 0 Å². The minimum Gasteiger partial charge on any atom is -0.387 e. The fraction of sp³-hybridized carbons (Fsp3) is 0.500. The van der Waals surface area contributed by atoms with Crippen LogP contribution in [0.1, 0.15) is 43.8 Å². The molecule has 0 saturated heterocycles. The van der Waals surface area contributed by atoms with Gasteiger partial charge >= 0.3 is 0 Å². The van der Waals surface area contributed by atoms with Crippen LogP contribution in [0.4, 0.5) is 4.39 Å². The van der Waals surface area contributed by atoms with Gasteiger partial charge in [-0.25, -0.2) is 4.39 Å². The molecule has 17 heavy (non-hydrogen) atoms. The summed E-state index contributed by atoms with van der Waals surface area (Å²) in [6.07, 6.45) is 3.23. The lowest BCUT2D eigenvalue weighted by molar-refractivity contribution is 0.0333. The summed E-state index contributed by atoms with van der Waals surface area (Å²) in [5.74, 6) is -0.430. The van der Waals surface area contributed by atoms with E-state index in [0.29, 0.717) is 12.8 Å². The molecule has 1 aromatic carbocycles. The van der Waals surface area contributed by atoms with Crippen LogP contribution in [0.3, 0.4) is 0 Å². The van der Waals surface area contributed by atoms with Crippen LogP contribution in [0.15, 0.2) is 24.3 Å². The van der Waals surface area contributed by atoms with Crippen molar-refractivity contribution in [3.8, 4) is 6.07 Å². The maximum Gasteiger partial charge on any atom is 0.129 e. The van der Waals surface area contributed by atoms with Gasteiger partial charge < -0.3 is 5.11 Å². The molecule has 1 aromatic rings. The highest BCUT2D eigenvalue weighted by Crippen LogP contribution is 2.45. The van der Waals surface area contributed by atoms with Crippen LogP contribution in [0.25, 0.3) is 0 Å². The van der Waals surface area contributed by atoms with E-state index < -0.39 is 17.3 Å². The zero-order chi connectivity index (χ0) is 12.3. The summed E-state index contributed by atoms with van der Waals surface area (Å²) in [4.78, 5) is 0. The topological polar surface area (TPSA) is 44.0 Å². The second-order valence-corrected chi connectivity index (χ2v) is 4.75. The molecule has 1 atom stereocenters. The van der Waals surface area contributed by atoms with Crippen molar-refractivity contribution in [1.29, 1.82) is 5.26 Å². The monoisotopic (exact) mass is 233 g/mol. The molecule has 2 nitrogen and oxygen atoms in total.